The molecule has 0 saturated carbocycles. The molecule has 0 bridgehead atoms. The highest BCUT2D eigenvalue weighted by molar-refractivity contribution is 7.92. The molecule has 0 amide bonds. The fourth-order valence-corrected chi connectivity index (χ4v) is 6.46. The summed E-state index contributed by atoms with van der Waals surface area (Å²) < 4.78 is 30.6. The Hall–Kier alpha value is -2.74. The van der Waals surface area contributed by atoms with E-state index in [1.165, 1.54) is 4.31 Å². The average molecular weight is 574 g/mol. The van der Waals surface area contributed by atoms with Crippen LogP contribution in [-0.4, -0.2) is 30.7 Å². The van der Waals surface area contributed by atoms with Crippen LogP contribution >= 0.6 is 34.8 Å². The van der Waals surface area contributed by atoms with E-state index in [1.807, 2.05) is 35.8 Å². The molecule has 190 valence electrons. The minimum absolute atomic E-state index is 0.140. The van der Waals surface area contributed by atoms with Gasteiger partial charge in [-0.15, -0.1) is 0 Å². The van der Waals surface area contributed by atoms with Crippen LogP contribution in [0.4, 0.5) is 5.69 Å². The maximum atomic E-state index is 13.7. The predicted octanol–water partition coefficient (Wildman–Crippen LogP) is 7.32. The number of fused-ring (bicyclic) bond motifs is 3. The van der Waals surface area contributed by atoms with Gasteiger partial charge in [0.05, 0.1) is 29.8 Å². The lowest BCUT2D eigenvalue weighted by Gasteiger charge is -2.27. The van der Waals surface area contributed by atoms with Crippen LogP contribution in [0.5, 0.6) is 0 Å². The molecule has 0 aliphatic carbocycles. The Balaban J connectivity index is 1.54. The molecule has 9 heteroatoms. The first-order chi connectivity index (χ1) is 17.6. The molecule has 0 aliphatic heterocycles. The SMILES string of the molecule is Cc1ccc(S(=O)(=O)N(C[C@@H](O)Cn2c3ccc(Cl)cc3c3cc(Cl)ccc32)c2ccc(Cl)cc2)cc1. The predicted molar refractivity (Wildman–Crippen MR) is 153 cm³/mol. The summed E-state index contributed by atoms with van der Waals surface area (Å²) in [4.78, 5) is 0.140. The zero-order valence-electron chi connectivity index (χ0n) is 19.8. The zero-order valence-corrected chi connectivity index (χ0v) is 22.9. The summed E-state index contributed by atoms with van der Waals surface area (Å²) in [6.45, 7) is 1.88. The number of aliphatic hydroxyl groups is 1. The molecule has 5 aromatic rings. The van der Waals surface area contributed by atoms with Crippen LogP contribution in [0.1, 0.15) is 5.56 Å². The first kappa shape index (κ1) is 25.9. The largest absolute Gasteiger partial charge is 0.389 e. The van der Waals surface area contributed by atoms with Gasteiger partial charge in [-0.1, -0.05) is 52.5 Å². The van der Waals surface area contributed by atoms with Crippen molar-refractivity contribution in [1.82, 2.24) is 4.57 Å². The molecule has 5 nitrogen and oxygen atoms in total. The average Bonchev–Trinajstić information content (AvgIpc) is 3.15. The quantitative estimate of drug-likeness (QED) is 0.222. The lowest BCUT2D eigenvalue weighted by atomic mass is 10.1. The van der Waals surface area contributed by atoms with E-state index in [0.717, 1.165) is 27.4 Å². The standard InChI is InChI=1S/C28H23Cl3N2O3S/c1-18-2-10-24(11-3-18)37(35,36)33(22-8-4-19(29)5-9-22)17-23(34)16-32-27-12-6-20(30)14-25(27)26-15-21(31)7-13-28(26)32/h2-15,23,34H,16-17H2,1H3/t23-/m0/s1. The third-order valence-corrected chi connectivity index (χ3v) is 8.81. The van der Waals surface area contributed by atoms with Crippen LogP contribution in [0.2, 0.25) is 15.1 Å². The number of aliphatic hydroxyl groups excluding tert-OH is 1. The second-order valence-electron chi connectivity index (χ2n) is 8.91. The Bertz CT molecular complexity index is 1640. The maximum absolute atomic E-state index is 13.7. The van der Waals surface area contributed by atoms with Gasteiger partial charge in [-0.05, 0) is 79.7 Å². The van der Waals surface area contributed by atoms with Gasteiger partial charge in [-0.2, -0.15) is 0 Å². The fourth-order valence-electron chi connectivity index (χ4n) is 4.49. The van der Waals surface area contributed by atoms with Gasteiger partial charge in [0.2, 0.25) is 0 Å². The highest BCUT2D eigenvalue weighted by atomic mass is 35.5. The molecule has 1 N–H and O–H groups in total. The van der Waals surface area contributed by atoms with Gasteiger partial charge in [0, 0.05) is 36.9 Å². The molecule has 1 atom stereocenters. The van der Waals surface area contributed by atoms with Crippen LogP contribution in [0, 0.1) is 6.92 Å². The van der Waals surface area contributed by atoms with Gasteiger partial charge in [0.15, 0.2) is 0 Å². The third kappa shape index (κ3) is 5.17. The number of nitrogens with zero attached hydrogens (tertiary/aromatic N) is 2. The van der Waals surface area contributed by atoms with E-state index in [1.54, 1.807) is 60.7 Å². The molecule has 0 fully saturated rings. The van der Waals surface area contributed by atoms with Crippen molar-refractivity contribution in [2.24, 2.45) is 0 Å². The van der Waals surface area contributed by atoms with Gasteiger partial charge in [0.1, 0.15) is 0 Å². The molecule has 0 spiro atoms. The minimum Gasteiger partial charge on any atom is -0.389 e. The van der Waals surface area contributed by atoms with Crippen molar-refractivity contribution in [1.29, 1.82) is 0 Å². The van der Waals surface area contributed by atoms with Crippen LogP contribution in [0.3, 0.4) is 0 Å². The molecule has 0 aliphatic rings. The van der Waals surface area contributed by atoms with Crippen molar-refractivity contribution in [2.45, 2.75) is 24.5 Å². The number of aryl methyl sites for hydroxylation is 1. The monoisotopic (exact) mass is 572 g/mol. The number of benzene rings is 4. The summed E-state index contributed by atoms with van der Waals surface area (Å²) in [6, 6.07) is 24.2. The summed E-state index contributed by atoms with van der Waals surface area (Å²) in [5.41, 5.74) is 3.08. The van der Waals surface area contributed by atoms with E-state index in [2.05, 4.69) is 0 Å². The lowest BCUT2D eigenvalue weighted by molar-refractivity contribution is 0.166. The van der Waals surface area contributed by atoms with Crippen LogP contribution in [0.25, 0.3) is 21.8 Å². The fraction of sp³-hybridized carbons (Fsp3) is 0.143. The first-order valence-corrected chi connectivity index (χ1v) is 14.1. The van der Waals surface area contributed by atoms with Crippen molar-refractivity contribution in [3.63, 3.8) is 0 Å². The Morgan fingerprint density at radius 2 is 1.30 bits per heavy atom. The van der Waals surface area contributed by atoms with E-state index >= 15 is 0 Å². The first-order valence-electron chi connectivity index (χ1n) is 11.5. The molecule has 5 rings (SSSR count). The van der Waals surface area contributed by atoms with Crippen molar-refractivity contribution >= 4 is 72.3 Å². The van der Waals surface area contributed by atoms with Crippen molar-refractivity contribution < 1.29 is 13.5 Å². The molecule has 4 aromatic carbocycles. The van der Waals surface area contributed by atoms with Gasteiger partial charge < -0.3 is 9.67 Å². The smallest absolute Gasteiger partial charge is 0.264 e. The Kier molecular flexibility index (Phi) is 7.14. The number of hydrogen-bond acceptors (Lipinski definition) is 3. The van der Waals surface area contributed by atoms with E-state index in [-0.39, 0.29) is 18.0 Å². The number of aromatic nitrogens is 1. The van der Waals surface area contributed by atoms with E-state index in [9.17, 15) is 13.5 Å². The lowest BCUT2D eigenvalue weighted by Crippen LogP contribution is -2.39. The third-order valence-electron chi connectivity index (χ3n) is 6.28. The minimum atomic E-state index is -3.97. The van der Waals surface area contributed by atoms with Gasteiger partial charge in [-0.25, -0.2) is 8.42 Å². The molecule has 1 heterocycles. The molecule has 0 unspecified atom stereocenters. The normalized spacial score (nSPS) is 12.8. The number of anilines is 1. The Labute approximate surface area is 230 Å². The van der Waals surface area contributed by atoms with Gasteiger partial charge >= 0.3 is 0 Å². The van der Waals surface area contributed by atoms with Crippen molar-refractivity contribution in [3.8, 4) is 0 Å². The summed E-state index contributed by atoms with van der Waals surface area (Å²) in [7, 11) is -3.97. The molecule has 1 aromatic heterocycles. The zero-order chi connectivity index (χ0) is 26.3. The van der Waals surface area contributed by atoms with E-state index < -0.39 is 16.1 Å². The topological polar surface area (TPSA) is 62.5 Å². The molecule has 0 radical (unpaired) electrons. The van der Waals surface area contributed by atoms with E-state index in [0.29, 0.717) is 20.8 Å². The number of rotatable bonds is 7. The highest BCUT2D eigenvalue weighted by Gasteiger charge is 2.28. The Morgan fingerprint density at radius 1 is 0.784 bits per heavy atom. The number of hydrogen-bond donors (Lipinski definition) is 1. The highest BCUT2D eigenvalue weighted by Crippen LogP contribution is 2.33. The van der Waals surface area contributed by atoms with Crippen molar-refractivity contribution in [2.75, 3.05) is 10.8 Å². The summed E-state index contributed by atoms with van der Waals surface area (Å²) >= 11 is 18.6. The van der Waals surface area contributed by atoms with Crippen LogP contribution in [0.15, 0.2) is 89.8 Å². The molecule has 0 saturated heterocycles. The van der Waals surface area contributed by atoms with Gasteiger partial charge in [-0.3, -0.25) is 4.31 Å². The van der Waals surface area contributed by atoms with E-state index in [4.69, 9.17) is 34.8 Å². The molecule has 37 heavy (non-hydrogen) atoms. The summed E-state index contributed by atoms with van der Waals surface area (Å²) in [5, 5.41) is 14.8. The summed E-state index contributed by atoms with van der Waals surface area (Å²) in [5.74, 6) is 0. The molecular formula is C28H23Cl3N2O3S. The number of halogens is 3. The molecular weight excluding hydrogens is 551 g/mol. The summed E-state index contributed by atoms with van der Waals surface area (Å²) in [6.07, 6.45) is -1.04. The number of sulfonamides is 1. The second-order valence-corrected chi connectivity index (χ2v) is 12.1. The second kappa shape index (κ2) is 10.2. The van der Waals surface area contributed by atoms with Gasteiger partial charge in [0.25, 0.3) is 10.0 Å². The Morgan fingerprint density at radius 3 is 1.84 bits per heavy atom. The van der Waals surface area contributed by atoms with Crippen LogP contribution in [-0.2, 0) is 16.6 Å². The maximum Gasteiger partial charge on any atom is 0.264 e. The van der Waals surface area contributed by atoms with Crippen LogP contribution < -0.4 is 4.31 Å². The van der Waals surface area contributed by atoms with Crippen molar-refractivity contribution in [3.05, 3.63) is 106 Å².